The van der Waals surface area contributed by atoms with Crippen LogP contribution in [0, 0.1) is 0 Å². The molecule has 3 saturated heterocycles. The zero-order valence-electron chi connectivity index (χ0n) is 32.3. The third kappa shape index (κ3) is 11.0. The molecule has 3 fully saturated rings. The van der Waals surface area contributed by atoms with Crippen molar-refractivity contribution in [1.82, 2.24) is 0 Å². The number of aliphatic hydroxyl groups excluding tert-OH is 1. The standard InChI is InChI=1S/C45H51N3O10/c1-2-3-16-25-51-44-37(47-48-46)41(52-27-32-19-10-5-11-20-32)40(35(55-44)29-50-26-31-17-8-4-9-18-31)58-45-42(53-28-33-21-12-6-13-22-33)38(49)39-36(56-45)30-54-43(57-39)34-23-14-7-15-24-34/h2,4-15,17-24,35-45,49H,1,3,16,25-30H2/t35-,36-,37-,38+,39-,40-,41-,42+,43-,44-,45+/m1/s1. The fraction of sp³-hybridized carbons (Fsp3) is 0.422. The van der Waals surface area contributed by atoms with Crippen LogP contribution in [0.1, 0.15) is 41.4 Å². The number of fused-ring (bicyclic) bond motifs is 1. The average Bonchev–Trinajstić information content (AvgIpc) is 3.27. The summed E-state index contributed by atoms with van der Waals surface area (Å²) in [6.07, 6.45) is -6.11. The molecule has 4 aromatic carbocycles. The molecule has 0 aromatic heterocycles. The van der Waals surface area contributed by atoms with Crippen LogP contribution in [0.2, 0.25) is 0 Å². The van der Waals surface area contributed by atoms with Crippen molar-refractivity contribution in [2.45, 2.75) is 100 Å². The van der Waals surface area contributed by atoms with E-state index in [9.17, 15) is 10.6 Å². The number of benzene rings is 4. The van der Waals surface area contributed by atoms with E-state index in [1.54, 1.807) is 0 Å². The van der Waals surface area contributed by atoms with Gasteiger partial charge in [0.15, 0.2) is 18.9 Å². The van der Waals surface area contributed by atoms with Crippen molar-refractivity contribution in [2.75, 3.05) is 19.8 Å². The van der Waals surface area contributed by atoms with E-state index in [1.165, 1.54) is 0 Å². The predicted octanol–water partition coefficient (Wildman–Crippen LogP) is 7.35. The lowest BCUT2D eigenvalue weighted by atomic mass is 9.95. The Hall–Kier alpha value is -4.47. The highest BCUT2D eigenvalue weighted by atomic mass is 16.8. The van der Waals surface area contributed by atoms with Crippen molar-refractivity contribution in [2.24, 2.45) is 5.11 Å². The number of ether oxygens (including phenoxy) is 9. The van der Waals surface area contributed by atoms with Crippen molar-refractivity contribution in [3.8, 4) is 0 Å². The Kier molecular flexibility index (Phi) is 15.5. The Labute approximate surface area is 339 Å². The first-order valence-electron chi connectivity index (χ1n) is 19.8. The third-order valence-electron chi connectivity index (χ3n) is 10.3. The van der Waals surface area contributed by atoms with E-state index in [0.717, 1.165) is 28.7 Å². The number of azide groups is 1. The normalized spacial score (nSPS) is 29.5. The van der Waals surface area contributed by atoms with Gasteiger partial charge in [0.2, 0.25) is 0 Å². The number of rotatable bonds is 19. The molecule has 0 spiro atoms. The number of aliphatic hydroxyl groups is 1. The number of hydrogen-bond acceptors (Lipinski definition) is 11. The SMILES string of the molecule is C=CCCCO[C@@H]1O[C@H](COCc2ccccc2)[C@@H](O[C@@H]2O[C@@H]3CO[C@@H](c4ccccc4)O[C@H]3[C@H](O)[C@@H]2OCc2ccccc2)[C@H](OCc2ccccc2)[C@H]1N=[N+]=[N-]. The summed E-state index contributed by atoms with van der Waals surface area (Å²) in [4.78, 5) is 3.20. The van der Waals surface area contributed by atoms with Gasteiger partial charge in [-0.2, -0.15) is 0 Å². The predicted molar refractivity (Wildman–Crippen MR) is 213 cm³/mol. The first-order chi connectivity index (χ1) is 28.6. The van der Waals surface area contributed by atoms with Gasteiger partial charge >= 0.3 is 0 Å². The smallest absolute Gasteiger partial charge is 0.187 e. The van der Waals surface area contributed by atoms with Crippen LogP contribution in [0.25, 0.3) is 10.4 Å². The largest absolute Gasteiger partial charge is 0.387 e. The summed E-state index contributed by atoms with van der Waals surface area (Å²) in [5.41, 5.74) is 13.5. The van der Waals surface area contributed by atoms with Crippen LogP contribution in [0.3, 0.4) is 0 Å². The maximum Gasteiger partial charge on any atom is 0.187 e. The molecular weight excluding hydrogens is 743 g/mol. The Morgan fingerprint density at radius 1 is 0.724 bits per heavy atom. The minimum Gasteiger partial charge on any atom is -0.387 e. The molecule has 3 aliphatic rings. The Bertz CT molecular complexity index is 1860. The van der Waals surface area contributed by atoms with Crippen LogP contribution in [0.4, 0.5) is 0 Å². The van der Waals surface area contributed by atoms with Crippen molar-refractivity contribution >= 4 is 0 Å². The Morgan fingerprint density at radius 3 is 1.95 bits per heavy atom. The highest BCUT2D eigenvalue weighted by molar-refractivity contribution is 5.18. The third-order valence-corrected chi connectivity index (χ3v) is 10.3. The Balaban J connectivity index is 1.20. The minimum absolute atomic E-state index is 0.0576. The molecular formula is C45H51N3O10. The summed E-state index contributed by atoms with van der Waals surface area (Å²) in [5, 5.41) is 16.3. The molecule has 58 heavy (non-hydrogen) atoms. The van der Waals surface area contributed by atoms with Gasteiger partial charge < -0.3 is 47.7 Å². The zero-order chi connectivity index (χ0) is 39.9. The first kappa shape index (κ1) is 41.7. The van der Waals surface area contributed by atoms with Crippen LogP contribution >= 0.6 is 0 Å². The van der Waals surface area contributed by atoms with Crippen LogP contribution < -0.4 is 0 Å². The monoisotopic (exact) mass is 793 g/mol. The molecule has 11 atom stereocenters. The van der Waals surface area contributed by atoms with E-state index in [-0.39, 0.29) is 26.4 Å². The molecule has 0 bridgehead atoms. The lowest BCUT2D eigenvalue weighted by molar-refractivity contribution is -0.387. The van der Waals surface area contributed by atoms with Crippen molar-refractivity contribution in [1.29, 1.82) is 0 Å². The molecule has 3 aliphatic heterocycles. The molecule has 0 unspecified atom stereocenters. The van der Waals surface area contributed by atoms with Crippen LogP contribution in [-0.2, 0) is 62.5 Å². The second-order valence-corrected chi connectivity index (χ2v) is 14.4. The maximum atomic E-state index is 12.1. The van der Waals surface area contributed by atoms with Gasteiger partial charge in [0.25, 0.3) is 0 Å². The lowest BCUT2D eigenvalue weighted by Gasteiger charge is -2.50. The van der Waals surface area contributed by atoms with Crippen molar-refractivity contribution < 1.29 is 47.7 Å². The second-order valence-electron chi connectivity index (χ2n) is 14.4. The second kappa shape index (κ2) is 21.5. The van der Waals surface area contributed by atoms with Gasteiger partial charge in [-0.3, -0.25) is 0 Å². The molecule has 3 heterocycles. The first-order valence-corrected chi connectivity index (χ1v) is 19.8. The average molecular weight is 794 g/mol. The molecule has 0 radical (unpaired) electrons. The van der Waals surface area contributed by atoms with Gasteiger partial charge in [-0.25, -0.2) is 0 Å². The van der Waals surface area contributed by atoms with Crippen LogP contribution in [-0.4, -0.2) is 86.3 Å². The van der Waals surface area contributed by atoms with E-state index in [0.29, 0.717) is 19.6 Å². The lowest BCUT2D eigenvalue weighted by Crippen LogP contribution is -2.66. The van der Waals surface area contributed by atoms with Gasteiger partial charge in [-0.1, -0.05) is 133 Å². The number of allylic oxidation sites excluding steroid dienone is 1. The minimum atomic E-state index is -1.20. The van der Waals surface area contributed by atoms with E-state index in [2.05, 4.69) is 16.6 Å². The molecule has 1 N–H and O–H groups in total. The van der Waals surface area contributed by atoms with Crippen molar-refractivity contribution in [3.63, 3.8) is 0 Å². The summed E-state index contributed by atoms with van der Waals surface area (Å²) >= 11 is 0. The number of nitrogens with zero attached hydrogens (tertiary/aromatic N) is 3. The summed E-state index contributed by atoms with van der Waals surface area (Å²) in [6.45, 7) is 4.93. The fourth-order valence-corrected chi connectivity index (χ4v) is 7.32. The summed E-state index contributed by atoms with van der Waals surface area (Å²) < 4.78 is 58.4. The molecule has 0 amide bonds. The van der Waals surface area contributed by atoms with Crippen LogP contribution in [0.5, 0.6) is 0 Å². The van der Waals surface area contributed by atoms with Gasteiger partial charge in [0.1, 0.15) is 48.8 Å². The van der Waals surface area contributed by atoms with Crippen LogP contribution in [0.15, 0.2) is 139 Å². The van der Waals surface area contributed by atoms with Gasteiger partial charge in [-0.05, 0) is 35.1 Å². The summed E-state index contributed by atoms with van der Waals surface area (Å²) in [7, 11) is 0. The molecule has 4 aromatic rings. The topological polar surface area (TPSA) is 152 Å². The molecule has 13 heteroatoms. The summed E-state index contributed by atoms with van der Waals surface area (Å²) in [6, 6.07) is 37.6. The maximum absolute atomic E-state index is 12.1. The molecule has 7 rings (SSSR count). The molecule has 0 saturated carbocycles. The molecule has 306 valence electrons. The zero-order valence-corrected chi connectivity index (χ0v) is 32.3. The number of unbranched alkanes of at least 4 members (excludes halogenated alkanes) is 1. The highest BCUT2D eigenvalue weighted by Gasteiger charge is 2.54. The van der Waals surface area contributed by atoms with E-state index in [1.807, 2.05) is 127 Å². The number of hydrogen-bond donors (Lipinski definition) is 1. The van der Waals surface area contributed by atoms with Crippen molar-refractivity contribution in [3.05, 3.63) is 167 Å². The Morgan fingerprint density at radius 2 is 1.33 bits per heavy atom. The van der Waals surface area contributed by atoms with E-state index in [4.69, 9.17) is 42.6 Å². The van der Waals surface area contributed by atoms with Gasteiger partial charge in [0.05, 0.1) is 39.6 Å². The van der Waals surface area contributed by atoms with Gasteiger partial charge in [0, 0.05) is 10.5 Å². The highest BCUT2D eigenvalue weighted by Crippen LogP contribution is 2.38. The van der Waals surface area contributed by atoms with E-state index >= 15 is 0 Å². The van der Waals surface area contributed by atoms with Gasteiger partial charge in [-0.15, -0.1) is 6.58 Å². The molecule has 0 aliphatic carbocycles. The fourth-order valence-electron chi connectivity index (χ4n) is 7.32. The quantitative estimate of drug-likeness (QED) is 0.0336. The summed E-state index contributed by atoms with van der Waals surface area (Å²) in [5.74, 6) is 0. The van der Waals surface area contributed by atoms with E-state index < -0.39 is 67.6 Å². The molecule has 13 nitrogen and oxygen atoms in total.